The number of ether oxygens (including phenoxy) is 1. The van der Waals surface area contributed by atoms with Gasteiger partial charge in [-0.05, 0) is 31.2 Å². The van der Waals surface area contributed by atoms with Gasteiger partial charge in [-0.15, -0.1) is 0 Å². The normalized spacial score (nSPS) is 21.3. The Balaban J connectivity index is 1.92. The zero-order valence-electron chi connectivity index (χ0n) is 14.7. The molecule has 1 aromatic carbocycles. The zero-order chi connectivity index (χ0) is 18.1. The van der Waals surface area contributed by atoms with Crippen molar-refractivity contribution in [2.24, 2.45) is 0 Å². The van der Waals surface area contributed by atoms with E-state index < -0.39 is 5.97 Å². The van der Waals surface area contributed by atoms with Crippen molar-refractivity contribution in [3.8, 4) is 0 Å². The van der Waals surface area contributed by atoms with E-state index in [1.807, 2.05) is 30.3 Å². The molecule has 0 spiro atoms. The molecule has 0 aromatic heterocycles. The maximum absolute atomic E-state index is 12.4. The number of carboxylic acids is 1. The predicted molar refractivity (Wildman–Crippen MR) is 95.5 cm³/mol. The molecule has 138 valence electrons. The molecular weight excluding hydrogens is 320 g/mol. The topological polar surface area (TPSA) is 87.7 Å². The van der Waals surface area contributed by atoms with Crippen LogP contribution in [0.4, 0.5) is 4.79 Å². The highest BCUT2D eigenvalue weighted by molar-refractivity contribution is 5.75. The summed E-state index contributed by atoms with van der Waals surface area (Å²) in [5, 5.41) is 14.9. The molecule has 3 unspecified atom stereocenters. The van der Waals surface area contributed by atoms with E-state index in [1.165, 1.54) is 0 Å². The van der Waals surface area contributed by atoms with Gasteiger partial charge in [0.15, 0.2) is 0 Å². The van der Waals surface area contributed by atoms with Crippen LogP contribution in [-0.2, 0) is 16.0 Å². The van der Waals surface area contributed by atoms with Crippen LogP contribution in [0.1, 0.15) is 44.1 Å². The van der Waals surface area contributed by atoms with Crippen LogP contribution < -0.4 is 10.6 Å². The molecule has 1 aliphatic carbocycles. The lowest BCUT2D eigenvalue weighted by Crippen LogP contribution is -2.52. The van der Waals surface area contributed by atoms with Gasteiger partial charge >= 0.3 is 12.0 Å². The average Bonchev–Trinajstić information content (AvgIpc) is 2.61. The molecule has 1 fully saturated rings. The number of carboxylic acid groups (broad SMARTS) is 1. The summed E-state index contributed by atoms with van der Waals surface area (Å²) in [5.41, 5.74) is 1.07. The van der Waals surface area contributed by atoms with E-state index >= 15 is 0 Å². The van der Waals surface area contributed by atoms with Crippen molar-refractivity contribution in [3.63, 3.8) is 0 Å². The van der Waals surface area contributed by atoms with Gasteiger partial charge in [0.25, 0.3) is 0 Å². The average molecular weight is 348 g/mol. The molecule has 3 N–H and O–H groups in total. The molecule has 3 atom stereocenters. The monoisotopic (exact) mass is 348 g/mol. The number of carbonyl (C=O) groups excluding carboxylic acids is 1. The maximum atomic E-state index is 12.4. The van der Waals surface area contributed by atoms with Gasteiger partial charge in [-0.25, -0.2) is 4.79 Å². The lowest BCUT2D eigenvalue weighted by atomic mass is 9.92. The minimum absolute atomic E-state index is 0.00981. The van der Waals surface area contributed by atoms with Gasteiger partial charge in [-0.3, -0.25) is 4.79 Å². The zero-order valence-corrected chi connectivity index (χ0v) is 14.7. The van der Waals surface area contributed by atoms with Crippen LogP contribution in [0.25, 0.3) is 0 Å². The van der Waals surface area contributed by atoms with Crippen molar-refractivity contribution in [1.29, 1.82) is 0 Å². The molecule has 25 heavy (non-hydrogen) atoms. The number of hydrogen-bond acceptors (Lipinski definition) is 3. The van der Waals surface area contributed by atoms with Gasteiger partial charge in [0.2, 0.25) is 0 Å². The molecular formula is C19H28N2O4. The lowest BCUT2D eigenvalue weighted by Gasteiger charge is -2.31. The van der Waals surface area contributed by atoms with Gasteiger partial charge in [0, 0.05) is 19.6 Å². The number of amides is 2. The molecule has 0 heterocycles. The van der Waals surface area contributed by atoms with Crippen molar-refractivity contribution >= 4 is 12.0 Å². The number of urea groups is 1. The highest BCUT2D eigenvalue weighted by atomic mass is 16.5. The van der Waals surface area contributed by atoms with E-state index in [9.17, 15) is 9.59 Å². The second-order valence-electron chi connectivity index (χ2n) is 6.60. The van der Waals surface area contributed by atoms with Crippen molar-refractivity contribution in [2.75, 3.05) is 7.11 Å². The van der Waals surface area contributed by atoms with E-state index in [1.54, 1.807) is 7.11 Å². The fourth-order valence-electron chi connectivity index (χ4n) is 3.36. The number of rotatable bonds is 8. The number of methoxy groups -OCH3 is 1. The maximum Gasteiger partial charge on any atom is 0.315 e. The summed E-state index contributed by atoms with van der Waals surface area (Å²) in [5.74, 6) is -0.855. The number of hydrogen-bond donors (Lipinski definition) is 3. The molecule has 6 nitrogen and oxygen atoms in total. The highest BCUT2D eigenvalue weighted by Gasteiger charge is 2.27. The molecule has 0 aliphatic heterocycles. The van der Waals surface area contributed by atoms with Gasteiger partial charge in [0.05, 0.1) is 12.1 Å². The number of aliphatic carboxylic acids is 1. The van der Waals surface area contributed by atoms with Crippen molar-refractivity contribution in [2.45, 2.75) is 63.1 Å². The van der Waals surface area contributed by atoms with Gasteiger partial charge in [-0.1, -0.05) is 43.2 Å². The molecule has 0 saturated heterocycles. The summed E-state index contributed by atoms with van der Waals surface area (Å²) >= 11 is 0. The van der Waals surface area contributed by atoms with Crippen LogP contribution in [0, 0.1) is 0 Å². The summed E-state index contributed by atoms with van der Waals surface area (Å²) in [6, 6.07) is 9.32. The summed E-state index contributed by atoms with van der Waals surface area (Å²) in [6.45, 7) is 0. The van der Waals surface area contributed by atoms with Crippen LogP contribution in [0.2, 0.25) is 0 Å². The van der Waals surface area contributed by atoms with E-state index in [2.05, 4.69) is 10.6 Å². The quantitative estimate of drug-likeness (QED) is 0.674. The minimum atomic E-state index is -0.855. The number of carbonyl (C=O) groups is 2. The third kappa shape index (κ3) is 6.74. The fraction of sp³-hybridized carbons (Fsp3) is 0.579. The van der Waals surface area contributed by atoms with Crippen molar-refractivity contribution in [3.05, 3.63) is 35.9 Å². The minimum Gasteiger partial charge on any atom is -0.481 e. The van der Waals surface area contributed by atoms with Gasteiger partial charge < -0.3 is 20.5 Å². The summed E-state index contributed by atoms with van der Waals surface area (Å²) < 4.78 is 5.46. The first-order valence-corrected chi connectivity index (χ1v) is 8.94. The second-order valence-corrected chi connectivity index (χ2v) is 6.60. The van der Waals surface area contributed by atoms with E-state index in [4.69, 9.17) is 9.84 Å². The first-order chi connectivity index (χ1) is 12.1. The van der Waals surface area contributed by atoms with Crippen LogP contribution in [0.3, 0.4) is 0 Å². The Morgan fingerprint density at radius 3 is 2.64 bits per heavy atom. The van der Waals surface area contributed by atoms with Crippen LogP contribution in [-0.4, -0.2) is 42.4 Å². The Labute approximate surface area is 149 Å². The molecule has 1 aromatic rings. The molecule has 6 heteroatoms. The third-order valence-corrected chi connectivity index (χ3v) is 4.69. The molecule has 1 saturated carbocycles. The number of nitrogens with one attached hydrogen (secondary N) is 2. The van der Waals surface area contributed by atoms with Crippen LogP contribution in [0.15, 0.2) is 30.3 Å². The van der Waals surface area contributed by atoms with Crippen molar-refractivity contribution < 1.29 is 19.4 Å². The third-order valence-electron chi connectivity index (χ3n) is 4.69. The number of benzene rings is 1. The second kappa shape index (κ2) is 10.0. The molecule has 0 radical (unpaired) electrons. The molecule has 0 bridgehead atoms. The van der Waals surface area contributed by atoms with Crippen molar-refractivity contribution in [1.82, 2.24) is 10.6 Å². The van der Waals surface area contributed by atoms with Crippen LogP contribution >= 0.6 is 0 Å². The first-order valence-electron chi connectivity index (χ1n) is 8.94. The molecule has 2 rings (SSSR count). The Bertz CT molecular complexity index is 550. The molecule has 2 amide bonds. The van der Waals surface area contributed by atoms with E-state index in [0.29, 0.717) is 12.8 Å². The Kier molecular flexibility index (Phi) is 7.73. The summed E-state index contributed by atoms with van der Waals surface area (Å²) in [4.78, 5) is 23.3. The summed E-state index contributed by atoms with van der Waals surface area (Å²) in [7, 11) is 1.67. The Hall–Kier alpha value is -2.08. The summed E-state index contributed by atoms with van der Waals surface area (Å²) in [6.07, 6.45) is 5.15. The predicted octanol–water partition coefficient (Wildman–Crippen LogP) is 2.72. The first kappa shape index (κ1) is 19.2. The van der Waals surface area contributed by atoms with Gasteiger partial charge in [0.1, 0.15) is 0 Å². The van der Waals surface area contributed by atoms with Gasteiger partial charge in [-0.2, -0.15) is 0 Å². The largest absolute Gasteiger partial charge is 0.481 e. The molecule has 1 aliphatic rings. The van der Waals surface area contributed by atoms with E-state index in [0.717, 1.165) is 31.2 Å². The smallest absolute Gasteiger partial charge is 0.315 e. The van der Waals surface area contributed by atoms with E-state index in [-0.39, 0.29) is 30.6 Å². The lowest BCUT2D eigenvalue weighted by molar-refractivity contribution is -0.137. The highest BCUT2D eigenvalue weighted by Crippen LogP contribution is 2.20. The SMILES string of the molecule is COC1CCCCC1NC(=O)NC(CCC(=O)O)Cc1ccccc1. The Morgan fingerprint density at radius 2 is 1.96 bits per heavy atom. The fourth-order valence-corrected chi connectivity index (χ4v) is 3.36. The standard InChI is InChI=1S/C19H28N2O4/c1-25-17-10-6-5-9-16(17)21-19(24)20-15(11-12-18(22)23)13-14-7-3-2-4-8-14/h2-4,7-8,15-17H,5-6,9-13H2,1H3,(H,22,23)(H2,20,21,24). The van der Waals surface area contributed by atoms with Crippen LogP contribution in [0.5, 0.6) is 0 Å². The Morgan fingerprint density at radius 1 is 1.24 bits per heavy atom.